The van der Waals surface area contributed by atoms with Crippen molar-refractivity contribution in [3.05, 3.63) is 149 Å². The van der Waals surface area contributed by atoms with Crippen LogP contribution >= 0.6 is 11.8 Å². The topological polar surface area (TPSA) is 45.0 Å². The number of hydrazone groups is 1. The quantitative estimate of drug-likeness (QED) is 0.247. The van der Waals surface area contributed by atoms with Crippen LogP contribution in [0.3, 0.4) is 0 Å². The number of aliphatic imine (C=N–C) groups is 1. The minimum atomic E-state index is -0.194. The number of carbonyl (C=O) groups excluding carboxylic acids is 1. The maximum Gasteiger partial charge on any atom is 0.191 e. The molecule has 2 aliphatic rings. The molecule has 0 amide bonds. The Morgan fingerprint density at radius 3 is 2.05 bits per heavy atom. The molecule has 4 aromatic rings. The highest BCUT2D eigenvalue weighted by Gasteiger charge is 2.40. The highest BCUT2D eigenvalue weighted by molar-refractivity contribution is 8.25. The predicted octanol–water partition coefficient (Wildman–Crippen LogP) is 7.56. The SMILES string of the molecule is O=C(CC(C1=C(c2ccccc2)N=C2SC=NN2C1c1ccccc1)c1ccccc1)c1ccccc1. The second-order valence-electron chi connectivity index (χ2n) is 9.02. The first-order valence-electron chi connectivity index (χ1n) is 12.3. The van der Waals surface area contributed by atoms with Crippen molar-refractivity contribution in [1.82, 2.24) is 5.01 Å². The minimum absolute atomic E-state index is 0.107. The van der Waals surface area contributed by atoms with Gasteiger partial charge in [0.1, 0.15) is 6.04 Å². The van der Waals surface area contributed by atoms with Gasteiger partial charge in [0.15, 0.2) is 11.0 Å². The van der Waals surface area contributed by atoms with Crippen molar-refractivity contribution in [3.63, 3.8) is 0 Å². The largest absolute Gasteiger partial charge is 0.294 e. The summed E-state index contributed by atoms with van der Waals surface area (Å²) in [6.45, 7) is 0. The monoisotopic (exact) mass is 499 g/mol. The molecule has 2 aliphatic heterocycles. The summed E-state index contributed by atoms with van der Waals surface area (Å²) < 4.78 is 0. The number of rotatable bonds is 7. The number of hydrogen-bond donors (Lipinski definition) is 0. The van der Waals surface area contributed by atoms with Crippen LogP contribution in [0.1, 0.15) is 45.4 Å². The normalized spacial score (nSPS) is 17.4. The van der Waals surface area contributed by atoms with Gasteiger partial charge < -0.3 is 0 Å². The molecule has 6 rings (SSSR count). The fraction of sp³-hybridized carbons (Fsp3) is 0.0938. The Balaban J connectivity index is 1.59. The van der Waals surface area contributed by atoms with Crippen molar-refractivity contribution in [2.75, 3.05) is 0 Å². The van der Waals surface area contributed by atoms with Crippen LogP contribution in [0.15, 0.2) is 137 Å². The van der Waals surface area contributed by atoms with Crippen LogP contribution in [0.2, 0.25) is 0 Å². The molecule has 0 fully saturated rings. The molecule has 5 heteroatoms. The average molecular weight is 500 g/mol. The Morgan fingerprint density at radius 1 is 0.784 bits per heavy atom. The first-order valence-corrected chi connectivity index (χ1v) is 13.2. The average Bonchev–Trinajstić information content (AvgIpc) is 3.45. The number of amidine groups is 1. The third-order valence-electron chi connectivity index (χ3n) is 6.77. The number of carbonyl (C=O) groups is 1. The van der Waals surface area contributed by atoms with Crippen LogP contribution in [-0.4, -0.2) is 21.5 Å². The van der Waals surface area contributed by atoms with Crippen molar-refractivity contribution in [2.24, 2.45) is 10.1 Å². The van der Waals surface area contributed by atoms with Crippen LogP contribution in [0.25, 0.3) is 5.70 Å². The summed E-state index contributed by atoms with van der Waals surface area (Å²) in [5.74, 6) is -0.0873. The summed E-state index contributed by atoms with van der Waals surface area (Å²) in [7, 11) is 0. The third kappa shape index (κ3) is 4.66. The van der Waals surface area contributed by atoms with Gasteiger partial charge in [-0.3, -0.25) is 4.79 Å². The van der Waals surface area contributed by atoms with Crippen LogP contribution in [-0.2, 0) is 0 Å². The fourth-order valence-electron chi connectivity index (χ4n) is 5.06. The van der Waals surface area contributed by atoms with Gasteiger partial charge >= 0.3 is 0 Å². The van der Waals surface area contributed by atoms with E-state index in [2.05, 4.69) is 48.5 Å². The van der Waals surface area contributed by atoms with Gasteiger partial charge in [0.25, 0.3) is 0 Å². The number of benzene rings is 4. The maximum atomic E-state index is 13.7. The van der Waals surface area contributed by atoms with E-state index in [0.717, 1.165) is 38.7 Å². The minimum Gasteiger partial charge on any atom is -0.294 e. The number of fused-ring (bicyclic) bond motifs is 1. The molecular formula is C32H25N3OS. The van der Waals surface area contributed by atoms with E-state index in [4.69, 9.17) is 10.1 Å². The van der Waals surface area contributed by atoms with E-state index >= 15 is 0 Å². The van der Waals surface area contributed by atoms with Gasteiger partial charge in [0.2, 0.25) is 0 Å². The standard InChI is InChI=1S/C32H25N3OS/c36-28(24-15-7-2-8-16-24)21-27(23-13-5-1-6-14-23)29-30(25-17-9-3-10-18-25)34-32-35(33-22-37-32)31(29)26-19-11-4-12-20-26/h1-20,22,27,31H,21H2. The lowest BCUT2D eigenvalue weighted by atomic mass is 9.77. The molecule has 0 spiro atoms. The molecule has 0 aromatic heterocycles. The molecule has 0 radical (unpaired) electrons. The lowest BCUT2D eigenvalue weighted by molar-refractivity contribution is 0.0975. The highest BCUT2D eigenvalue weighted by Crippen LogP contribution is 2.49. The molecule has 0 saturated heterocycles. The Hall–Kier alpha value is -4.22. The molecule has 0 N–H and O–H groups in total. The third-order valence-corrected chi connectivity index (χ3v) is 7.46. The van der Waals surface area contributed by atoms with E-state index in [1.165, 1.54) is 11.8 Å². The van der Waals surface area contributed by atoms with Gasteiger partial charge in [-0.05, 0) is 28.5 Å². The van der Waals surface area contributed by atoms with Crippen LogP contribution < -0.4 is 0 Å². The molecule has 2 unspecified atom stereocenters. The molecular weight excluding hydrogens is 474 g/mol. The summed E-state index contributed by atoms with van der Waals surface area (Å²) in [4.78, 5) is 18.8. The van der Waals surface area contributed by atoms with Crippen LogP contribution in [0.5, 0.6) is 0 Å². The smallest absolute Gasteiger partial charge is 0.191 e. The lowest BCUT2D eigenvalue weighted by Crippen LogP contribution is -2.33. The van der Waals surface area contributed by atoms with E-state index in [1.54, 1.807) is 0 Å². The fourth-order valence-corrected chi connectivity index (χ4v) is 5.71. The summed E-state index contributed by atoms with van der Waals surface area (Å²) in [6, 6.07) is 40.4. The molecule has 4 nitrogen and oxygen atoms in total. The molecule has 180 valence electrons. The van der Waals surface area contributed by atoms with Crippen molar-refractivity contribution in [3.8, 4) is 0 Å². The van der Waals surface area contributed by atoms with E-state index in [1.807, 2.05) is 83.4 Å². The number of nitrogens with zero attached hydrogens (tertiary/aromatic N) is 3. The van der Waals surface area contributed by atoms with Gasteiger partial charge in [-0.1, -0.05) is 121 Å². The van der Waals surface area contributed by atoms with Gasteiger partial charge in [-0.15, -0.1) is 0 Å². The van der Waals surface area contributed by atoms with Crippen molar-refractivity contribution < 1.29 is 4.79 Å². The Bertz CT molecular complexity index is 1480. The van der Waals surface area contributed by atoms with Crippen molar-refractivity contribution in [2.45, 2.75) is 18.4 Å². The second-order valence-corrected chi connectivity index (χ2v) is 9.83. The van der Waals surface area contributed by atoms with Crippen molar-refractivity contribution >= 4 is 34.0 Å². The first kappa shape index (κ1) is 23.2. The van der Waals surface area contributed by atoms with Crippen LogP contribution in [0, 0.1) is 0 Å². The first-order chi connectivity index (χ1) is 18.3. The predicted molar refractivity (Wildman–Crippen MR) is 152 cm³/mol. The number of thioether (sulfide) groups is 1. The Kier molecular flexibility index (Phi) is 6.53. The zero-order valence-corrected chi connectivity index (χ0v) is 21.0. The van der Waals surface area contributed by atoms with E-state index in [0.29, 0.717) is 6.42 Å². The summed E-state index contributed by atoms with van der Waals surface area (Å²) in [5, 5.41) is 7.58. The summed E-state index contributed by atoms with van der Waals surface area (Å²) in [6.07, 6.45) is 0.332. The lowest BCUT2D eigenvalue weighted by Gasteiger charge is -2.37. The molecule has 0 saturated carbocycles. The van der Waals surface area contributed by atoms with Gasteiger partial charge in [-0.25, -0.2) is 10.0 Å². The Morgan fingerprint density at radius 2 is 1.38 bits per heavy atom. The van der Waals surface area contributed by atoms with Gasteiger partial charge in [-0.2, -0.15) is 5.10 Å². The molecule has 0 aliphatic carbocycles. The zero-order chi connectivity index (χ0) is 25.0. The summed E-state index contributed by atoms with van der Waals surface area (Å²) >= 11 is 1.53. The molecule has 4 aromatic carbocycles. The van der Waals surface area contributed by atoms with E-state index < -0.39 is 0 Å². The van der Waals surface area contributed by atoms with Gasteiger partial charge in [0, 0.05) is 23.5 Å². The molecule has 2 atom stereocenters. The molecule has 2 heterocycles. The van der Waals surface area contributed by atoms with Crippen molar-refractivity contribution in [1.29, 1.82) is 0 Å². The Labute approximate surface area is 221 Å². The van der Waals surface area contributed by atoms with E-state index in [-0.39, 0.29) is 17.7 Å². The molecule has 37 heavy (non-hydrogen) atoms. The molecule has 0 bridgehead atoms. The zero-order valence-electron chi connectivity index (χ0n) is 20.1. The van der Waals surface area contributed by atoms with E-state index in [9.17, 15) is 4.79 Å². The highest BCUT2D eigenvalue weighted by atomic mass is 32.2. The summed E-state index contributed by atoms with van der Waals surface area (Å²) in [5.41, 5.74) is 7.79. The number of hydrogen-bond acceptors (Lipinski definition) is 5. The maximum absolute atomic E-state index is 13.7. The number of Topliss-reactive ketones (excluding diaryl/α,β-unsaturated/α-hetero) is 1. The second kappa shape index (κ2) is 10.4. The number of ketones is 1. The van der Waals surface area contributed by atoms with Crippen LogP contribution in [0.4, 0.5) is 0 Å². The van der Waals surface area contributed by atoms with Gasteiger partial charge in [0.05, 0.1) is 11.2 Å².